The van der Waals surface area contributed by atoms with Crippen molar-refractivity contribution in [2.75, 3.05) is 11.9 Å². The SMILES string of the molecule is Cc1ccc(NC(=O)COc2c(Br)cc(Br)cc2/C=N/NC(=O)c2ccccc2)cc1C. The Morgan fingerprint density at radius 3 is 2.47 bits per heavy atom. The maximum absolute atomic E-state index is 12.4. The molecule has 3 aromatic rings. The van der Waals surface area contributed by atoms with E-state index in [1.807, 2.05) is 38.1 Å². The van der Waals surface area contributed by atoms with Gasteiger partial charge in [-0.3, -0.25) is 9.59 Å². The minimum absolute atomic E-state index is 0.190. The topological polar surface area (TPSA) is 79.8 Å². The number of ether oxygens (including phenoxy) is 1. The quantitative estimate of drug-likeness (QED) is 0.292. The van der Waals surface area contributed by atoms with E-state index in [2.05, 4.69) is 47.7 Å². The summed E-state index contributed by atoms with van der Waals surface area (Å²) in [7, 11) is 0. The van der Waals surface area contributed by atoms with Gasteiger partial charge in [0.2, 0.25) is 0 Å². The minimum atomic E-state index is -0.328. The molecule has 6 nitrogen and oxygen atoms in total. The highest BCUT2D eigenvalue weighted by atomic mass is 79.9. The minimum Gasteiger partial charge on any atom is -0.482 e. The lowest BCUT2D eigenvalue weighted by atomic mass is 10.1. The van der Waals surface area contributed by atoms with E-state index in [0.29, 0.717) is 27.0 Å². The predicted octanol–water partition coefficient (Wildman–Crippen LogP) is 5.61. The monoisotopic (exact) mass is 557 g/mol. The van der Waals surface area contributed by atoms with Crippen LogP contribution >= 0.6 is 31.9 Å². The molecule has 3 rings (SSSR count). The van der Waals surface area contributed by atoms with Crippen LogP contribution in [0.2, 0.25) is 0 Å². The number of hydrogen-bond acceptors (Lipinski definition) is 4. The molecule has 2 N–H and O–H groups in total. The normalized spacial score (nSPS) is 10.8. The van der Waals surface area contributed by atoms with E-state index in [1.165, 1.54) is 6.21 Å². The first-order valence-corrected chi connectivity index (χ1v) is 11.3. The lowest BCUT2D eigenvalue weighted by Gasteiger charge is -2.12. The molecular weight excluding hydrogens is 538 g/mol. The highest BCUT2D eigenvalue weighted by Gasteiger charge is 2.12. The largest absolute Gasteiger partial charge is 0.482 e. The Bertz CT molecular complexity index is 1160. The molecule has 0 saturated carbocycles. The second-order valence-corrected chi connectivity index (χ2v) is 8.78. The molecule has 0 unspecified atom stereocenters. The number of carbonyl (C=O) groups is 2. The van der Waals surface area contributed by atoms with Gasteiger partial charge in [-0.1, -0.05) is 40.2 Å². The number of anilines is 1. The molecule has 0 radical (unpaired) electrons. The van der Waals surface area contributed by atoms with Crippen LogP contribution in [0.3, 0.4) is 0 Å². The molecule has 0 aliphatic rings. The maximum atomic E-state index is 12.4. The highest BCUT2D eigenvalue weighted by molar-refractivity contribution is 9.11. The Balaban J connectivity index is 1.67. The number of nitrogens with one attached hydrogen (secondary N) is 2. The van der Waals surface area contributed by atoms with Crippen LogP contribution in [0.25, 0.3) is 0 Å². The summed E-state index contributed by atoms with van der Waals surface area (Å²) in [6, 6.07) is 18.1. The van der Waals surface area contributed by atoms with Crippen LogP contribution in [0.15, 0.2) is 74.7 Å². The van der Waals surface area contributed by atoms with Crippen molar-refractivity contribution in [1.29, 1.82) is 0 Å². The summed E-state index contributed by atoms with van der Waals surface area (Å²) < 4.78 is 7.19. The lowest BCUT2D eigenvalue weighted by Crippen LogP contribution is -2.21. The first-order chi connectivity index (χ1) is 15.3. The second kappa shape index (κ2) is 11.1. The van der Waals surface area contributed by atoms with Crippen molar-refractivity contribution in [2.24, 2.45) is 5.10 Å². The first kappa shape index (κ1) is 23.7. The van der Waals surface area contributed by atoms with Crippen molar-refractivity contribution in [1.82, 2.24) is 5.43 Å². The summed E-state index contributed by atoms with van der Waals surface area (Å²) in [6.45, 7) is 3.81. The molecule has 3 aromatic carbocycles. The van der Waals surface area contributed by atoms with Gasteiger partial charge in [0.25, 0.3) is 11.8 Å². The van der Waals surface area contributed by atoms with Crippen LogP contribution in [0.1, 0.15) is 27.0 Å². The van der Waals surface area contributed by atoms with Crippen LogP contribution in [-0.2, 0) is 4.79 Å². The first-order valence-electron chi connectivity index (χ1n) is 9.71. The number of benzene rings is 3. The summed E-state index contributed by atoms with van der Waals surface area (Å²) in [6.07, 6.45) is 1.47. The van der Waals surface area contributed by atoms with E-state index in [4.69, 9.17) is 4.74 Å². The fourth-order valence-electron chi connectivity index (χ4n) is 2.80. The number of amides is 2. The molecule has 0 saturated heterocycles. The number of hydrogen-bond donors (Lipinski definition) is 2. The summed E-state index contributed by atoms with van der Waals surface area (Å²) >= 11 is 6.88. The fraction of sp³-hybridized carbons (Fsp3) is 0.125. The van der Waals surface area contributed by atoms with Gasteiger partial charge in [0.1, 0.15) is 5.75 Å². The summed E-state index contributed by atoms with van der Waals surface area (Å²) in [5.74, 6) is -0.185. The van der Waals surface area contributed by atoms with Gasteiger partial charge in [-0.2, -0.15) is 5.10 Å². The number of halogens is 2. The van der Waals surface area contributed by atoms with Crippen LogP contribution in [0.4, 0.5) is 5.69 Å². The van der Waals surface area contributed by atoms with E-state index in [-0.39, 0.29) is 18.4 Å². The second-order valence-electron chi connectivity index (χ2n) is 7.01. The van der Waals surface area contributed by atoms with Crippen LogP contribution in [0.5, 0.6) is 5.75 Å². The molecule has 0 spiro atoms. The van der Waals surface area contributed by atoms with Gasteiger partial charge in [-0.15, -0.1) is 0 Å². The molecule has 0 fully saturated rings. The zero-order valence-corrected chi connectivity index (χ0v) is 20.7. The van der Waals surface area contributed by atoms with Gasteiger partial charge in [0.15, 0.2) is 6.61 Å². The van der Waals surface area contributed by atoms with Gasteiger partial charge in [-0.05, 0) is 77.3 Å². The molecule has 2 amide bonds. The van der Waals surface area contributed by atoms with Crippen molar-refractivity contribution < 1.29 is 14.3 Å². The standard InChI is InChI=1S/C24H21Br2N3O3/c1-15-8-9-20(10-16(15)2)28-22(30)14-32-23-18(11-19(25)12-21(23)26)13-27-29-24(31)17-6-4-3-5-7-17/h3-13H,14H2,1-2H3,(H,28,30)(H,29,31)/b27-13+. The molecule has 32 heavy (non-hydrogen) atoms. The average molecular weight is 559 g/mol. The Morgan fingerprint density at radius 1 is 1.00 bits per heavy atom. The molecule has 164 valence electrons. The third kappa shape index (κ3) is 6.51. The van der Waals surface area contributed by atoms with Gasteiger partial charge in [0.05, 0.1) is 10.7 Å². The third-order valence-corrected chi connectivity index (χ3v) is 5.63. The number of carbonyl (C=O) groups excluding carboxylic acids is 2. The van der Waals surface area contributed by atoms with Crippen molar-refractivity contribution in [3.05, 3.63) is 91.9 Å². The van der Waals surface area contributed by atoms with Crippen LogP contribution in [-0.4, -0.2) is 24.6 Å². The van der Waals surface area contributed by atoms with Gasteiger partial charge in [0, 0.05) is 21.3 Å². The average Bonchev–Trinajstić information content (AvgIpc) is 2.76. The third-order valence-electron chi connectivity index (χ3n) is 4.58. The van der Waals surface area contributed by atoms with Gasteiger partial charge in [-0.25, -0.2) is 5.43 Å². The van der Waals surface area contributed by atoms with E-state index < -0.39 is 0 Å². The molecule has 0 atom stereocenters. The molecule has 0 aromatic heterocycles. The zero-order valence-electron chi connectivity index (χ0n) is 17.5. The van der Waals surface area contributed by atoms with E-state index in [1.54, 1.807) is 36.4 Å². The molecule has 0 aliphatic heterocycles. The fourth-order valence-corrected chi connectivity index (χ4v) is 4.17. The smallest absolute Gasteiger partial charge is 0.271 e. The zero-order chi connectivity index (χ0) is 23.1. The highest BCUT2D eigenvalue weighted by Crippen LogP contribution is 2.32. The number of nitrogens with zero attached hydrogens (tertiary/aromatic N) is 1. The Morgan fingerprint density at radius 2 is 1.75 bits per heavy atom. The number of aryl methyl sites for hydroxylation is 2. The van der Waals surface area contributed by atoms with Crippen molar-refractivity contribution >= 4 is 55.6 Å². The summed E-state index contributed by atoms with van der Waals surface area (Å²) in [4.78, 5) is 24.5. The van der Waals surface area contributed by atoms with Crippen molar-refractivity contribution in [2.45, 2.75) is 13.8 Å². The molecule has 0 aliphatic carbocycles. The summed E-state index contributed by atoms with van der Waals surface area (Å²) in [5.41, 5.74) is 6.52. The predicted molar refractivity (Wildman–Crippen MR) is 133 cm³/mol. The number of rotatable bonds is 7. The molecule has 8 heteroatoms. The maximum Gasteiger partial charge on any atom is 0.271 e. The molecule has 0 heterocycles. The molecule has 0 bridgehead atoms. The van der Waals surface area contributed by atoms with E-state index in [0.717, 1.165) is 15.6 Å². The molecular formula is C24H21Br2N3O3. The van der Waals surface area contributed by atoms with Gasteiger partial charge >= 0.3 is 0 Å². The summed E-state index contributed by atoms with van der Waals surface area (Å²) in [5, 5.41) is 6.85. The van der Waals surface area contributed by atoms with Gasteiger partial charge < -0.3 is 10.1 Å². The lowest BCUT2D eigenvalue weighted by molar-refractivity contribution is -0.118. The van der Waals surface area contributed by atoms with E-state index >= 15 is 0 Å². The van der Waals surface area contributed by atoms with E-state index in [9.17, 15) is 9.59 Å². The van der Waals surface area contributed by atoms with Crippen LogP contribution in [0, 0.1) is 13.8 Å². The Kier molecular flexibility index (Phi) is 8.19. The Labute approximate surface area is 203 Å². The van der Waals surface area contributed by atoms with Crippen molar-refractivity contribution in [3.8, 4) is 5.75 Å². The Hall–Kier alpha value is -2.97. The van der Waals surface area contributed by atoms with Crippen LogP contribution < -0.4 is 15.5 Å². The van der Waals surface area contributed by atoms with Crippen molar-refractivity contribution in [3.63, 3.8) is 0 Å². The number of hydrazone groups is 1.